The van der Waals surface area contributed by atoms with Crippen molar-refractivity contribution in [3.8, 4) is 0 Å². The molecule has 174 valence electrons. The van der Waals surface area contributed by atoms with Crippen molar-refractivity contribution in [3.63, 3.8) is 0 Å². The third kappa shape index (κ3) is 6.22. The molecule has 33 heavy (non-hydrogen) atoms. The third-order valence-electron chi connectivity index (χ3n) is 5.38. The molecule has 0 aliphatic rings. The predicted octanol–water partition coefficient (Wildman–Crippen LogP) is 4.60. The number of thioether (sulfide) groups is 1. The Morgan fingerprint density at radius 3 is 2.45 bits per heavy atom. The summed E-state index contributed by atoms with van der Waals surface area (Å²) in [5.41, 5.74) is 4.57. The van der Waals surface area contributed by atoms with Crippen LogP contribution in [0.2, 0.25) is 0 Å². The van der Waals surface area contributed by atoms with Gasteiger partial charge >= 0.3 is 0 Å². The van der Waals surface area contributed by atoms with Gasteiger partial charge in [-0.05, 0) is 56.0 Å². The van der Waals surface area contributed by atoms with Gasteiger partial charge < -0.3 is 15.2 Å². The summed E-state index contributed by atoms with van der Waals surface area (Å²) < 4.78 is 1.84. The minimum atomic E-state index is -0.311. The van der Waals surface area contributed by atoms with Crippen molar-refractivity contribution in [2.45, 2.75) is 45.8 Å². The number of aromatic nitrogens is 3. The van der Waals surface area contributed by atoms with Crippen molar-refractivity contribution in [2.75, 3.05) is 11.1 Å². The Labute approximate surface area is 199 Å². The van der Waals surface area contributed by atoms with E-state index in [1.807, 2.05) is 82.6 Å². The molecular weight excluding hydrogens is 434 g/mol. The Morgan fingerprint density at radius 1 is 1.03 bits per heavy atom. The van der Waals surface area contributed by atoms with Crippen LogP contribution in [-0.4, -0.2) is 32.3 Å². The van der Waals surface area contributed by atoms with Crippen LogP contribution in [0.5, 0.6) is 0 Å². The van der Waals surface area contributed by atoms with Crippen LogP contribution in [0, 0.1) is 26.7 Å². The standard InChI is InChI=1S/C25H31N5O2S/c1-15(2)22(27-24(32)19-9-7-8-16(3)12-19)23-28-29-25(30(23)6)33-14-21(31)26-20-13-17(4)10-11-18(20)5/h7-13,15,22H,14H2,1-6H3,(H,26,31)(H,27,32)/t22-/m0/s1. The summed E-state index contributed by atoms with van der Waals surface area (Å²) in [6.45, 7) is 9.97. The van der Waals surface area contributed by atoms with Crippen LogP contribution in [0.3, 0.4) is 0 Å². The van der Waals surface area contributed by atoms with E-state index in [2.05, 4.69) is 20.8 Å². The minimum absolute atomic E-state index is 0.104. The highest BCUT2D eigenvalue weighted by Gasteiger charge is 2.25. The Kier molecular flexibility index (Phi) is 7.92. The van der Waals surface area contributed by atoms with E-state index in [-0.39, 0.29) is 29.5 Å². The number of hydrogen-bond donors (Lipinski definition) is 2. The molecule has 0 saturated heterocycles. The number of aryl methyl sites for hydroxylation is 3. The average Bonchev–Trinajstić information content (AvgIpc) is 3.12. The molecule has 1 atom stereocenters. The van der Waals surface area contributed by atoms with Crippen LogP contribution in [0.15, 0.2) is 47.6 Å². The van der Waals surface area contributed by atoms with Crippen LogP contribution in [0.4, 0.5) is 5.69 Å². The molecule has 0 fully saturated rings. The van der Waals surface area contributed by atoms with Crippen LogP contribution in [0.25, 0.3) is 0 Å². The zero-order valence-corrected chi connectivity index (χ0v) is 20.8. The summed E-state index contributed by atoms with van der Waals surface area (Å²) >= 11 is 1.32. The fourth-order valence-electron chi connectivity index (χ4n) is 3.45. The number of rotatable bonds is 8. The van der Waals surface area contributed by atoms with E-state index in [9.17, 15) is 9.59 Å². The zero-order chi connectivity index (χ0) is 24.1. The van der Waals surface area contributed by atoms with Crippen molar-refractivity contribution < 1.29 is 9.59 Å². The number of hydrogen-bond acceptors (Lipinski definition) is 5. The first-order valence-corrected chi connectivity index (χ1v) is 11.9. The van der Waals surface area contributed by atoms with Gasteiger partial charge in [-0.3, -0.25) is 9.59 Å². The maximum atomic E-state index is 12.8. The second kappa shape index (κ2) is 10.7. The van der Waals surface area contributed by atoms with Gasteiger partial charge in [-0.25, -0.2) is 0 Å². The topological polar surface area (TPSA) is 88.9 Å². The molecule has 2 N–H and O–H groups in total. The second-order valence-corrected chi connectivity index (χ2v) is 9.56. The van der Waals surface area contributed by atoms with E-state index in [0.29, 0.717) is 16.5 Å². The minimum Gasteiger partial charge on any atom is -0.342 e. The number of nitrogens with zero attached hydrogens (tertiary/aromatic N) is 3. The summed E-state index contributed by atoms with van der Waals surface area (Å²) in [7, 11) is 1.86. The van der Waals surface area contributed by atoms with E-state index >= 15 is 0 Å². The van der Waals surface area contributed by atoms with Gasteiger partial charge in [0.15, 0.2) is 11.0 Å². The van der Waals surface area contributed by atoms with E-state index in [4.69, 9.17) is 0 Å². The molecule has 1 heterocycles. The summed E-state index contributed by atoms with van der Waals surface area (Å²) in [6, 6.07) is 13.1. The van der Waals surface area contributed by atoms with Crippen LogP contribution in [-0.2, 0) is 11.8 Å². The Bertz CT molecular complexity index is 1160. The van der Waals surface area contributed by atoms with E-state index in [1.54, 1.807) is 6.07 Å². The molecule has 0 radical (unpaired) electrons. The number of amides is 2. The van der Waals surface area contributed by atoms with Crippen molar-refractivity contribution >= 4 is 29.3 Å². The lowest BCUT2D eigenvalue weighted by Gasteiger charge is -2.22. The van der Waals surface area contributed by atoms with Crippen LogP contribution < -0.4 is 10.6 Å². The Morgan fingerprint density at radius 2 is 1.76 bits per heavy atom. The van der Waals surface area contributed by atoms with Gasteiger partial charge in [0.05, 0.1) is 11.8 Å². The summed E-state index contributed by atoms with van der Waals surface area (Å²) in [5, 5.41) is 15.3. The maximum absolute atomic E-state index is 12.8. The van der Waals surface area contributed by atoms with Gasteiger partial charge in [-0.2, -0.15) is 0 Å². The highest BCUT2D eigenvalue weighted by atomic mass is 32.2. The van der Waals surface area contributed by atoms with E-state index in [1.165, 1.54) is 11.8 Å². The monoisotopic (exact) mass is 465 g/mol. The Hall–Kier alpha value is -3.13. The molecule has 2 aromatic carbocycles. The molecule has 0 saturated carbocycles. The summed E-state index contributed by atoms with van der Waals surface area (Å²) in [5.74, 6) is 0.714. The fourth-order valence-corrected chi connectivity index (χ4v) is 4.17. The molecule has 0 bridgehead atoms. The SMILES string of the molecule is Cc1cccc(C(=O)N[C@H](c2nnc(SCC(=O)Nc3cc(C)ccc3C)n2C)C(C)C)c1. The average molecular weight is 466 g/mol. The molecule has 3 aromatic rings. The zero-order valence-electron chi connectivity index (χ0n) is 20.0. The lowest BCUT2D eigenvalue weighted by molar-refractivity contribution is -0.113. The van der Waals surface area contributed by atoms with Gasteiger partial charge in [0.2, 0.25) is 5.91 Å². The van der Waals surface area contributed by atoms with Crippen molar-refractivity contribution in [3.05, 3.63) is 70.5 Å². The van der Waals surface area contributed by atoms with Crippen LogP contribution in [0.1, 0.15) is 52.8 Å². The smallest absolute Gasteiger partial charge is 0.251 e. The molecule has 1 aromatic heterocycles. The second-order valence-electron chi connectivity index (χ2n) is 8.62. The van der Waals surface area contributed by atoms with Crippen molar-refractivity contribution in [1.82, 2.24) is 20.1 Å². The van der Waals surface area contributed by atoms with E-state index < -0.39 is 0 Å². The van der Waals surface area contributed by atoms with Crippen molar-refractivity contribution in [2.24, 2.45) is 13.0 Å². The number of anilines is 1. The highest BCUT2D eigenvalue weighted by molar-refractivity contribution is 7.99. The number of benzene rings is 2. The molecule has 0 aliphatic heterocycles. The first kappa shape index (κ1) is 24.5. The van der Waals surface area contributed by atoms with Gasteiger partial charge in [0, 0.05) is 18.3 Å². The molecule has 2 amide bonds. The number of carbonyl (C=O) groups is 2. The fraction of sp³-hybridized carbons (Fsp3) is 0.360. The molecule has 3 rings (SSSR count). The third-order valence-corrected chi connectivity index (χ3v) is 6.40. The quantitative estimate of drug-likeness (QED) is 0.475. The predicted molar refractivity (Wildman–Crippen MR) is 132 cm³/mol. The summed E-state index contributed by atoms with van der Waals surface area (Å²) in [4.78, 5) is 25.3. The molecule has 7 nitrogen and oxygen atoms in total. The molecule has 0 aliphatic carbocycles. The molecule has 0 spiro atoms. The van der Waals surface area contributed by atoms with Gasteiger partial charge in [-0.15, -0.1) is 10.2 Å². The van der Waals surface area contributed by atoms with Gasteiger partial charge in [0.1, 0.15) is 0 Å². The first-order chi connectivity index (χ1) is 15.7. The Balaban J connectivity index is 1.68. The lowest BCUT2D eigenvalue weighted by atomic mass is 10.0. The normalized spacial score (nSPS) is 12.0. The van der Waals surface area contributed by atoms with Gasteiger partial charge in [0.25, 0.3) is 5.91 Å². The summed E-state index contributed by atoms with van der Waals surface area (Å²) in [6.07, 6.45) is 0. The molecule has 0 unspecified atom stereocenters. The maximum Gasteiger partial charge on any atom is 0.251 e. The van der Waals surface area contributed by atoms with Gasteiger partial charge in [-0.1, -0.05) is 55.4 Å². The first-order valence-electron chi connectivity index (χ1n) is 10.9. The van der Waals surface area contributed by atoms with Crippen LogP contribution >= 0.6 is 11.8 Å². The van der Waals surface area contributed by atoms with E-state index in [0.717, 1.165) is 22.4 Å². The number of nitrogens with one attached hydrogen (secondary N) is 2. The molecule has 8 heteroatoms. The lowest BCUT2D eigenvalue weighted by Crippen LogP contribution is -2.33. The van der Waals surface area contributed by atoms with Crippen molar-refractivity contribution in [1.29, 1.82) is 0 Å². The number of carbonyl (C=O) groups excluding carboxylic acids is 2. The molecular formula is C25H31N5O2S. The highest BCUT2D eigenvalue weighted by Crippen LogP contribution is 2.25. The largest absolute Gasteiger partial charge is 0.342 e.